The van der Waals surface area contributed by atoms with Gasteiger partial charge >= 0.3 is 6.09 Å². The van der Waals surface area contributed by atoms with E-state index >= 15 is 0 Å². The van der Waals surface area contributed by atoms with E-state index in [-0.39, 0.29) is 17.9 Å². The first kappa shape index (κ1) is 24.6. The minimum absolute atomic E-state index is 0.100. The van der Waals surface area contributed by atoms with Crippen LogP contribution in [0, 0.1) is 6.92 Å². The number of hydrogen-bond donors (Lipinski definition) is 1. The Balaban J connectivity index is 1.62. The predicted molar refractivity (Wildman–Crippen MR) is 122 cm³/mol. The highest BCUT2D eigenvalue weighted by Gasteiger charge is 2.29. The lowest BCUT2D eigenvalue weighted by molar-refractivity contribution is -0.136. The molecular formula is C21H30ClN7O4. The first-order valence-corrected chi connectivity index (χ1v) is 11.4. The Bertz CT molecular complexity index is 997. The lowest BCUT2D eigenvalue weighted by Gasteiger charge is -2.35. The van der Waals surface area contributed by atoms with Gasteiger partial charge in [-0.1, -0.05) is 18.5 Å². The number of halogens is 1. The molecule has 0 aromatic carbocycles. The van der Waals surface area contributed by atoms with E-state index in [1.165, 1.54) is 10.9 Å². The van der Waals surface area contributed by atoms with Crippen molar-refractivity contribution in [2.45, 2.75) is 46.2 Å². The molecule has 2 aromatic heterocycles. The van der Waals surface area contributed by atoms with Crippen LogP contribution < -0.4 is 5.32 Å². The molecule has 1 fully saturated rings. The number of hydrogen-bond acceptors (Lipinski definition) is 6. The summed E-state index contributed by atoms with van der Waals surface area (Å²) in [5.41, 5.74) is 1.13. The number of carbonyl (C=O) groups is 3. The number of nitrogens with zero attached hydrogens (tertiary/aromatic N) is 6. The van der Waals surface area contributed by atoms with E-state index in [0.29, 0.717) is 55.6 Å². The van der Waals surface area contributed by atoms with E-state index in [2.05, 4.69) is 15.5 Å². The fraction of sp³-hybridized carbons (Fsp3) is 0.571. The third-order valence-corrected chi connectivity index (χ3v) is 5.82. The summed E-state index contributed by atoms with van der Waals surface area (Å²) in [6, 6.07) is -1.08. The van der Waals surface area contributed by atoms with Crippen molar-refractivity contribution in [3.63, 3.8) is 0 Å². The zero-order chi connectivity index (χ0) is 24.1. The quantitative estimate of drug-likeness (QED) is 0.652. The molecule has 0 radical (unpaired) electrons. The lowest BCUT2D eigenvalue weighted by Crippen LogP contribution is -2.52. The number of anilines is 1. The van der Waals surface area contributed by atoms with E-state index < -0.39 is 12.1 Å². The first-order valence-electron chi connectivity index (χ1n) is 11.0. The number of nitrogens with one attached hydrogen (secondary N) is 1. The van der Waals surface area contributed by atoms with Crippen LogP contribution in [0.5, 0.6) is 0 Å². The SMILES string of the molecule is CCOC(=O)N1CCN(C(=O)C(C)n2cc(NC(=O)C(CC)n3cc(Cl)cn3)c(C)n2)CC1. The second kappa shape index (κ2) is 10.7. The molecule has 3 amide bonds. The van der Waals surface area contributed by atoms with Crippen molar-refractivity contribution in [2.24, 2.45) is 0 Å². The Hall–Kier alpha value is -3.08. The molecule has 1 N–H and O–H groups in total. The van der Waals surface area contributed by atoms with E-state index in [4.69, 9.17) is 16.3 Å². The molecule has 3 rings (SSSR count). The number of aryl methyl sites for hydroxylation is 1. The molecule has 33 heavy (non-hydrogen) atoms. The fourth-order valence-corrected chi connectivity index (χ4v) is 3.84. The van der Waals surface area contributed by atoms with Gasteiger partial charge < -0.3 is 19.9 Å². The summed E-state index contributed by atoms with van der Waals surface area (Å²) in [5.74, 6) is -0.342. The topological polar surface area (TPSA) is 115 Å². The van der Waals surface area contributed by atoms with Crippen molar-refractivity contribution in [3.05, 3.63) is 29.3 Å². The van der Waals surface area contributed by atoms with Crippen LogP contribution in [0.4, 0.5) is 10.5 Å². The van der Waals surface area contributed by atoms with Crippen LogP contribution in [0.3, 0.4) is 0 Å². The molecule has 11 nitrogen and oxygen atoms in total. The van der Waals surface area contributed by atoms with Gasteiger partial charge in [-0.2, -0.15) is 10.2 Å². The van der Waals surface area contributed by atoms with Crippen LogP contribution in [-0.2, 0) is 14.3 Å². The summed E-state index contributed by atoms with van der Waals surface area (Å²) in [6.45, 7) is 9.20. The van der Waals surface area contributed by atoms with Crippen molar-refractivity contribution in [1.82, 2.24) is 29.4 Å². The van der Waals surface area contributed by atoms with E-state index in [0.717, 1.165) is 0 Å². The van der Waals surface area contributed by atoms with Crippen LogP contribution in [0.1, 0.15) is 45.0 Å². The van der Waals surface area contributed by atoms with Gasteiger partial charge in [0.05, 0.1) is 29.2 Å². The third-order valence-electron chi connectivity index (χ3n) is 5.62. The number of rotatable bonds is 7. The largest absolute Gasteiger partial charge is 0.450 e. The maximum absolute atomic E-state index is 13.0. The van der Waals surface area contributed by atoms with Crippen LogP contribution >= 0.6 is 11.6 Å². The maximum atomic E-state index is 13.0. The lowest BCUT2D eigenvalue weighted by atomic mass is 10.2. The Morgan fingerprint density at radius 1 is 1.12 bits per heavy atom. The summed E-state index contributed by atoms with van der Waals surface area (Å²) >= 11 is 5.93. The zero-order valence-corrected chi connectivity index (χ0v) is 20.1. The molecule has 12 heteroatoms. The second-order valence-electron chi connectivity index (χ2n) is 7.85. The number of carbonyl (C=O) groups excluding carboxylic acids is 3. The van der Waals surface area contributed by atoms with Crippen molar-refractivity contribution >= 4 is 35.2 Å². The number of aromatic nitrogens is 4. The van der Waals surface area contributed by atoms with Gasteiger partial charge in [-0.3, -0.25) is 19.0 Å². The van der Waals surface area contributed by atoms with Crippen LogP contribution in [0.2, 0.25) is 5.02 Å². The van der Waals surface area contributed by atoms with Crippen molar-refractivity contribution in [2.75, 3.05) is 38.1 Å². The molecule has 2 aromatic rings. The highest BCUT2D eigenvalue weighted by atomic mass is 35.5. The molecule has 1 aliphatic heterocycles. The van der Waals surface area contributed by atoms with Crippen LogP contribution in [0.15, 0.2) is 18.6 Å². The minimum atomic E-state index is -0.560. The molecule has 0 bridgehead atoms. The number of piperazine rings is 1. The highest BCUT2D eigenvalue weighted by molar-refractivity contribution is 6.30. The van der Waals surface area contributed by atoms with E-state index in [1.807, 2.05) is 6.92 Å². The number of amides is 3. The predicted octanol–water partition coefficient (Wildman–Crippen LogP) is 2.49. The van der Waals surface area contributed by atoms with Gasteiger partial charge in [0.1, 0.15) is 12.1 Å². The zero-order valence-electron chi connectivity index (χ0n) is 19.3. The van der Waals surface area contributed by atoms with Crippen molar-refractivity contribution in [3.8, 4) is 0 Å². The highest BCUT2D eigenvalue weighted by Crippen LogP contribution is 2.21. The molecule has 0 spiro atoms. The van der Waals surface area contributed by atoms with Crippen molar-refractivity contribution < 1.29 is 19.1 Å². The average molecular weight is 480 g/mol. The molecule has 1 aliphatic rings. The monoisotopic (exact) mass is 479 g/mol. The Kier molecular flexibility index (Phi) is 7.96. The Labute approximate surface area is 197 Å². The molecule has 1 saturated heterocycles. The summed E-state index contributed by atoms with van der Waals surface area (Å²) in [5, 5.41) is 11.9. The fourth-order valence-electron chi connectivity index (χ4n) is 3.70. The van der Waals surface area contributed by atoms with Gasteiger partial charge in [0.2, 0.25) is 11.8 Å². The summed E-state index contributed by atoms with van der Waals surface area (Å²) < 4.78 is 8.10. The standard InChI is InChI=1S/C21H30ClN7O4/c1-5-18(29-12-16(22)11-23-29)19(30)24-17-13-28(25-14(17)3)15(4)20(31)26-7-9-27(10-8-26)21(32)33-6-2/h11-13,15,18H,5-10H2,1-4H3,(H,24,30). The van der Waals surface area contributed by atoms with Crippen molar-refractivity contribution in [1.29, 1.82) is 0 Å². The van der Waals surface area contributed by atoms with Gasteiger partial charge in [-0.25, -0.2) is 4.79 Å². The maximum Gasteiger partial charge on any atom is 0.409 e. The molecule has 0 saturated carbocycles. The average Bonchev–Trinajstić information content (AvgIpc) is 3.39. The third kappa shape index (κ3) is 5.65. The van der Waals surface area contributed by atoms with Gasteiger partial charge in [0, 0.05) is 38.6 Å². The Morgan fingerprint density at radius 3 is 2.36 bits per heavy atom. The van der Waals surface area contributed by atoms with Gasteiger partial charge in [-0.05, 0) is 27.2 Å². The summed E-state index contributed by atoms with van der Waals surface area (Å²) in [7, 11) is 0. The molecular weight excluding hydrogens is 450 g/mol. The smallest absolute Gasteiger partial charge is 0.409 e. The van der Waals surface area contributed by atoms with Crippen LogP contribution in [-0.4, -0.2) is 80.1 Å². The molecule has 2 unspecified atom stereocenters. The van der Waals surface area contributed by atoms with Gasteiger partial charge in [-0.15, -0.1) is 0 Å². The molecule has 3 heterocycles. The summed E-state index contributed by atoms with van der Waals surface area (Å²) in [4.78, 5) is 41.0. The van der Waals surface area contributed by atoms with Gasteiger partial charge in [0.15, 0.2) is 0 Å². The van der Waals surface area contributed by atoms with E-state index in [9.17, 15) is 14.4 Å². The number of ether oxygens (including phenoxy) is 1. The molecule has 180 valence electrons. The second-order valence-corrected chi connectivity index (χ2v) is 8.28. The van der Waals surface area contributed by atoms with Gasteiger partial charge in [0.25, 0.3) is 0 Å². The molecule has 0 aliphatic carbocycles. The first-order chi connectivity index (χ1) is 15.7. The normalized spacial score (nSPS) is 15.8. The van der Waals surface area contributed by atoms with Crippen LogP contribution in [0.25, 0.3) is 0 Å². The minimum Gasteiger partial charge on any atom is -0.450 e. The molecule has 2 atom stereocenters. The van der Waals surface area contributed by atoms with E-state index in [1.54, 1.807) is 47.6 Å². The summed E-state index contributed by atoms with van der Waals surface area (Å²) in [6.07, 6.45) is 4.93. The Morgan fingerprint density at radius 2 is 1.79 bits per heavy atom.